The number of aromatic nitrogens is 3. The molecule has 0 saturated carbocycles. The maximum absolute atomic E-state index is 5.94. The van der Waals surface area contributed by atoms with Crippen molar-refractivity contribution in [2.75, 3.05) is 5.73 Å². The first kappa shape index (κ1) is 13.1. The lowest BCUT2D eigenvalue weighted by molar-refractivity contribution is 0.945. The van der Waals surface area contributed by atoms with Crippen molar-refractivity contribution in [2.24, 2.45) is 7.05 Å². The van der Waals surface area contributed by atoms with Crippen LogP contribution in [0.5, 0.6) is 0 Å². The molecule has 0 unspecified atom stereocenters. The van der Waals surface area contributed by atoms with Gasteiger partial charge in [0.25, 0.3) is 0 Å². The molecule has 0 saturated heterocycles. The highest BCUT2D eigenvalue weighted by atomic mass is 15.0. The van der Waals surface area contributed by atoms with Crippen LogP contribution in [-0.4, -0.2) is 14.5 Å². The molecule has 0 spiro atoms. The second kappa shape index (κ2) is 5.52. The summed E-state index contributed by atoms with van der Waals surface area (Å²) in [6, 6.07) is 10.1. The molecule has 4 heteroatoms. The van der Waals surface area contributed by atoms with Gasteiger partial charge in [0.15, 0.2) is 0 Å². The van der Waals surface area contributed by atoms with E-state index in [1.165, 1.54) is 6.33 Å². The van der Waals surface area contributed by atoms with Crippen LogP contribution in [0.15, 0.2) is 42.9 Å². The molecule has 0 radical (unpaired) electrons. The summed E-state index contributed by atoms with van der Waals surface area (Å²) in [5.41, 5.74) is 9.00. The fourth-order valence-electron chi connectivity index (χ4n) is 2.07. The van der Waals surface area contributed by atoms with Crippen molar-refractivity contribution in [1.82, 2.24) is 14.5 Å². The Hall–Kier alpha value is -2.36. The molecule has 1 aromatic carbocycles. The van der Waals surface area contributed by atoms with Gasteiger partial charge in [-0.15, -0.1) is 0 Å². The summed E-state index contributed by atoms with van der Waals surface area (Å²) in [4.78, 5) is 8.32. The number of hydrogen-bond acceptors (Lipinski definition) is 3. The summed E-state index contributed by atoms with van der Waals surface area (Å²) < 4.78 is 1.97. The predicted molar refractivity (Wildman–Crippen MR) is 79.7 cm³/mol. The third-order valence-corrected chi connectivity index (χ3v) is 2.87. The normalized spacial score (nSPS) is 10.1. The van der Waals surface area contributed by atoms with Gasteiger partial charge in [0.05, 0.1) is 5.39 Å². The fraction of sp³-hybridized carbons (Fsp3) is 0.200. The smallest absolute Gasteiger partial charge is 0.145 e. The first-order valence-corrected chi connectivity index (χ1v) is 6.38. The lowest BCUT2D eigenvalue weighted by Gasteiger charge is -2.00. The zero-order valence-electron chi connectivity index (χ0n) is 11.5. The van der Waals surface area contributed by atoms with E-state index in [4.69, 9.17) is 5.73 Å². The molecule has 3 rings (SSSR count). The molecule has 0 atom stereocenters. The van der Waals surface area contributed by atoms with E-state index in [9.17, 15) is 0 Å². The van der Waals surface area contributed by atoms with E-state index in [1.807, 2.05) is 49.9 Å². The van der Waals surface area contributed by atoms with Gasteiger partial charge < -0.3 is 10.3 Å². The van der Waals surface area contributed by atoms with Gasteiger partial charge in [0.2, 0.25) is 0 Å². The second-order valence-electron chi connectivity index (χ2n) is 3.98. The Morgan fingerprint density at radius 3 is 2.42 bits per heavy atom. The van der Waals surface area contributed by atoms with Crippen molar-refractivity contribution in [1.29, 1.82) is 0 Å². The van der Waals surface area contributed by atoms with Crippen LogP contribution in [0.25, 0.3) is 22.2 Å². The monoisotopic (exact) mass is 254 g/mol. The summed E-state index contributed by atoms with van der Waals surface area (Å²) in [5, 5.41) is 0.918. The van der Waals surface area contributed by atoms with Gasteiger partial charge in [-0.2, -0.15) is 0 Å². The van der Waals surface area contributed by atoms with Crippen molar-refractivity contribution in [2.45, 2.75) is 13.8 Å². The topological polar surface area (TPSA) is 56.7 Å². The van der Waals surface area contributed by atoms with Gasteiger partial charge in [-0.1, -0.05) is 44.2 Å². The van der Waals surface area contributed by atoms with Crippen LogP contribution in [0.1, 0.15) is 13.8 Å². The maximum Gasteiger partial charge on any atom is 0.145 e. The Balaban J connectivity index is 0.000000637. The van der Waals surface area contributed by atoms with E-state index in [2.05, 4.69) is 22.1 Å². The number of aryl methyl sites for hydroxylation is 1. The van der Waals surface area contributed by atoms with Crippen molar-refractivity contribution in [3.63, 3.8) is 0 Å². The summed E-state index contributed by atoms with van der Waals surface area (Å²) in [6.45, 7) is 4.00. The SMILES string of the molecule is CC.Cn1cc(-c2ccccc2)c2c(N)ncnc21. The van der Waals surface area contributed by atoms with E-state index in [1.54, 1.807) is 0 Å². The first-order valence-electron chi connectivity index (χ1n) is 6.38. The molecule has 2 heterocycles. The zero-order chi connectivity index (χ0) is 13.8. The predicted octanol–water partition coefficient (Wildman–Crippen LogP) is 3.24. The van der Waals surface area contributed by atoms with Crippen molar-refractivity contribution >= 4 is 16.9 Å². The van der Waals surface area contributed by atoms with Crippen molar-refractivity contribution in [3.8, 4) is 11.1 Å². The maximum atomic E-state index is 5.94. The summed E-state index contributed by atoms with van der Waals surface area (Å²) >= 11 is 0. The van der Waals surface area contributed by atoms with Crippen LogP contribution in [0.2, 0.25) is 0 Å². The van der Waals surface area contributed by atoms with Crippen molar-refractivity contribution < 1.29 is 0 Å². The van der Waals surface area contributed by atoms with Gasteiger partial charge in [0.1, 0.15) is 17.8 Å². The van der Waals surface area contributed by atoms with E-state index in [0.717, 1.165) is 22.2 Å². The molecule has 19 heavy (non-hydrogen) atoms. The molecular weight excluding hydrogens is 236 g/mol. The molecule has 0 aliphatic heterocycles. The molecule has 4 nitrogen and oxygen atoms in total. The number of anilines is 1. The largest absolute Gasteiger partial charge is 0.383 e. The molecule has 0 aliphatic carbocycles. The number of fused-ring (bicyclic) bond motifs is 1. The molecule has 98 valence electrons. The van der Waals surface area contributed by atoms with Crippen LogP contribution in [0.3, 0.4) is 0 Å². The Bertz CT molecular complexity index is 671. The highest BCUT2D eigenvalue weighted by molar-refractivity contribution is 6.00. The minimum absolute atomic E-state index is 0.523. The summed E-state index contributed by atoms with van der Waals surface area (Å²) in [5.74, 6) is 0.523. The van der Waals surface area contributed by atoms with Crippen LogP contribution in [-0.2, 0) is 7.05 Å². The summed E-state index contributed by atoms with van der Waals surface area (Å²) in [6.07, 6.45) is 3.53. The lowest BCUT2D eigenvalue weighted by Crippen LogP contribution is -1.94. The standard InChI is InChI=1S/C13H12N4.C2H6/c1-17-7-10(9-5-3-2-4-6-9)11-12(14)15-8-16-13(11)17;1-2/h2-8H,1H3,(H2,14,15,16);1-2H3. The Kier molecular flexibility index (Phi) is 3.80. The quantitative estimate of drug-likeness (QED) is 0.725. The van der Waals surface area contributed by atoms with Crippen molar-refractivity contribution in [3.05, 3.63) is 42.9 Å². The van der Waals surface area contributed by atoms with Crippen LogP contribution in [0, 0.1) is 0 Å². The molecular formula is C15H18N4. The number of rotatable bonds is 1. The van der Waals surface area contributed by atoms with Gasteiger partial charge in [0, 0.05) is 18.8 Å². The Morgan fingerprint density at radius 1 is 1.05 bits per heavy atom. The Labute approximate surface area is 112 Å². The number of nitrogens with two attached hydrogens (primary N) is 1. The zero-order valence-corrected chi connectivity index (χ0v) is 11.5. The fourth-order valence-corrected chi connectivity index (χ4v) is 2.07. The summed E-state index contributed by atoms with van der Waals surface area (Å²) in [7, 11) is 1.96. The number of nitrogens with zero attached hydrogens (tertiary/aromatic N) is 3. The average Bonchev–Trinajstić information content (AvgIpc) is 2.81. The molecule has 3 aromatic rings. The number of hydrogen-bond donors (Lipinski definition) is 1. The van der Waals surface area contributed by atoms with E-state index < -0.39 is 0 Å². The Morgan fingerprint density at radius 2 is 1.74 bits per heavy atom. The molecule has 0 amide bonds. The molecule has 2 aromatic heterocycles. The minimum atomic E-state index is 0.523. The van der Waals surface area contributed by atoms with Gasteiger partial charge in [-0.25, -0.2) is 9.97 Å². The molecule has 0 bridgehead atoms. The van der Waals surface area contributed by atoms with Gasteiger partial charge >= 0.3 is 0 Å². The van der Waals surface area contributed by atoms with E-state index >= 15 is 0 Å². The average molecular weight is 254 g/mol. The number of nitrogen functional groups attached to an aromatic ring is 1. The lowest BCUT2D eigenvalue weighted by atomic mass is 10.1. The van der Waals surface area contributed by atoms with E-state index in [-0.39, 0.29) is 0 Å². The van der Waals surface area contributed by atoms with Gasteiger partial charge in [-0.3, -0.25) is 0 Å². The minimum Gasteiger partial charge on any atom is -0.383 e. The third-order valence-electron chi connectivity index (χ3n) is 2.87. The molecule has 0 fully saturated rings. The van der Waals surface area contributed by atoms with Crippen LogP contribution >= 0.6 is 0 Å². The first-order chi connectivity index (χ1) is 9.27. The van der Waals surface area contributed by atoms with Crippen LogP contribution < -0.4 is 5.73 Å². The van der Waals surface area contributed by atoms with E-state index in [0.29, 0.717) is 5.82 Å². The molecule has 2 N–H and O–H groups in total. The third kappa shape index (κ3) is 2.29. The highest BCUT2D eigenvalue weighted by Gasteiger charge is 2.12. The second-order valence-corrected chi connectivity index (χ2v) is 3.98. The van der Waals surface area contributed by atoms with Crippen LogP contribution in [0.4, 0.5) is 5.82 Å². The van der Waals surface area contributed by atoms with Gasteiger partial charge in [-0.05, 0) is 5.56 Å². The highest BCUT2D eigenvalue weighted by Crippen LogP contribution is 2.31. The number of benzene rings is 1. The molecule has 0 aliphatic rings.